The van der Waals surface area contributed by atoms with Gasteiger partial charge in [-0.2, -0.15) is 0 Å². The molecule has 2 nitrogen and oxygen atoms in total. The van der Waals surface area contributed by atoms with Crippen molar-refractivity contribution in [1.29, 1.82) is 0 Å². The molecule has 2 rings (SSSR count). The summed E-state index contributed by atoms with van der Waals surface area (Å²) in [6.07, 6.45) is 3.16. The van der Waals surface area contributed by atoms with Crippen LogP contribution in [0.3, 0.4) is 0 Å². The van der Waals surface area contributed by atoms with Crippen molar-refractivity contribution in [2.45, 2.75) is 26.2 Å². The summed E-state index contributed by atoms with van der Waals surface area (Å²) in [7, 11) is 0. The first-order valence-corrected chi connectivity index (χ1v) is 6.06. The maximum Gasteiger partial charge on any atom is 0.0459 e. The van der Waals surface area contributed by atoms with Gasteiger partial charge in [0.1, 0.15) is 0 Å². The number of halogens is 1. The molecule has 0 atom stereocenters. The van der Waals surface area contributed by atoms with E-state index in [1.807, 2.05) is 6.07 Å². The summed E-state index contributed by atoms with van der Waals surface area (Å²) in [5, 5.41) is 2.05. The van der Waals surface area contributed by atoms with Gasteiger partial charge in [-0.25, -0.2) is 0 Å². The normalized spacial score (nSPS) is 11.2. The van der Waals surface area contributed by atoms with Crippen LogP contribution in [0, 0.1) is 6.92 Å². The third-order valence-electron chi connectivity index (χ3n) is 2.82. The number of hydrogen-bond acceptors (Lipinski definition) is 1. The number of unbranched alkanes of at least 4 members (excludes halogenated alkanes) is 1. The lowest BCUT2D eigenvalue weighted by Gasteiger charge is -2.04. The number of benzene rings is 1. The average molecular weight is 237 g/mol. The van der Waals surface area contributed by atoms with Crippen molar-refractivity contribution in [3.8, 4) is 0 Å². The van der Waals surface area contributed by atoms with Gasteiger partial charge < -0.3 is 10.7 Å². The third-order valence-corrected chi connectivity index (χ3v) is 3.17. The largest absolute Gasteiger partial charge is 0.359 e. The second kappa shape index (κ2) is 4.89. The molecule has 0 aliphatic rings. The Labute approximate surface area is 101 Å². The second-order valence-corrected chi connectivity index (χ2v) is 4.64. The van der Waals surface area contributed by atoms with E-state index in [-0.39, 0.29) is 0 Å². The van der Waals surface area contributed by atoms with Crippen LogP contribution in [0.5, 0.6) is 0 Å². The number of fused-ring (bicyclic) bond motifs is 1. The van der Waals surface area contributed by atoms with Crippen molar-refractivity contribution >= 4 is 22.5 Å². The van der Waals surface area contributed by atoms with Gasteiger partial charge in [-0.15, -0.1) is 0 Å². The van der Waals surface area contributed by atoms with E-state index in [0.717, 1.165) is 30.8 Å². The summed E-state index contributed by atoms with van der Waals surface area (Å²) < 4.78 is 0. The first kappa shape index (κ1) is 11.5. The monoisotopic (exact) mass is 236 g/mol. The molecule has 0 saturated heterocycles. The van der Waals surface area contributed by atoms with Crippen LogP contribution in [0.4, 0.5) is 0 Å². The first-order chi connectivity index (χ1) is 7.70. The molecule has 0 radical (unpaired) electrons. The molecule has 0 saturated carbocycles. The molecule has 0 bridgehead atoms. The molecule has 1 heterocycles. The molecule has 0 aliphatic heterocycles. The predicted molar refractivity (Wildman–Crippen MR) is 70.0 cm³/mol. The van der Waals surface area contributed by atoms with Crippen LogP contribution in [0.25, 0.3) is 10.9 Å². The van der Waals surface area contributed by atoms with Crippen LogP contribution in [0.1, 0.15) is 24.1 Å². The molecule has 0 spiro atoms. The Kier molecular flexibility index (Phi) is 3.52. The van der Waals surface area contributed by atoms with Gasteiger partial charge in [0.2, 0.25) is 0 Å². The molecule has 0 amide bonds. The summed E-state index contributed by atoms with van der Waals surface area (Å²) >= 11 is 6.25. The molecule has 0 aliphatic carbocycles. The maximum atomic E-state index is 6.25. The SMILES string of the molecule is Cc1cc2cc(Cl)c(CCCCN)cc2[nH]1. The smallest absolute Gasteiger partial charge is 0.0459 e. The molecule has 0 fully saturated rings. The van der Waals surface area contributed by atoms with Crippen molar-refractivity contribution in [3.05, 3.63) is 34.5 Å². The van der Waals surface area contributed by atoms with Gasteiger partial charge in [-0.1, -0.05) is 11.6 Å². The van der Waals surface area contributed by atoms with E-state index in [2.05, 4.69) is 24.0 Å². The van der Waals surface area contributed by atoms with Gasteiger partial charge in [-0.3, -0.25) is 0 Å². The van der Waals surface area contributed by atoms with E-state index in [4.69, 9.17) is 17.3 Å². The molecule has 0 unspecified atom stereocenters. The van der Waals surface area contributed by atoms with Crippen LogP contribution in [0.15, 0.2) is 18.2 Å². The highest BCUT2D eigenvalue weighted by Crippen LogP contribution is 2.25. The number of hydrogen-bond donors (Lipinski definition) is 2. The molecule has 1 aromatic carbocycles. The Morgan fingerprint density at radius 2 is 2.06 bits per heavy atom. The highest BCUT2D eigenvalue weighted by Gasteiger charge is 2.04. The minimum Gasteiger partial charge on any atom is -0.359 e. The zero-order valence-corrected chi connectivity index (χ0v) is 10.3. The van der Waals surface area contributed by atoms with Crippen molar-refractivity contribution < 1.29 is 0 Å². The van der Waals surface area contributed by atoms with Crippen LogP contribution in [-0.4, -0.2) is 11.5 Å². The molecule has 1 aromatic heterocycles. The van der Waals surface area contributed by atoms with Crippen molar-refractivity contribution in [2.75, 3.05) is 6.54 Å². The second-order valence-electron chi connectivity index (χ2n) is 4.23. The fourth-order valence-corrected chi connectivity index (χ4v) is 2.26. The number of aromatic amines is 1. The zero-order chi connectivity index (χ0) is 11.5. The number of aryl methyl sites for hydroxylation is 2. The first-order valence-electron chi connectivity index (χ1n) is 5.68. The topological polar surface area (TPSA) is 41.8 Å². The summed E-state index contributed by atoms with van der Waals surface area (Å²) in [4.78, 5) is 3.33. The number of aromatic nitrogens is 1. The summed E-state index contributed by atoms with van der Waals surface area (Å²) in [6.45, 7) is 2.81. The van der Waals surface area contributed by atoms with E-state index in [0.29, 0.717) is 0 Å². The Morgan fingerprint density at radius 1 is 1.25 bits per heavy atom. The third kappa shape index (κ3) is 2.39. The van der Waals surface area contributed by atoms with Crippen molar-refractivity contribution in [3.63, 3.8) is 0 Å². The van der Waals surface area contributed by atoms with Crippen molar-refractivity contribution in [1.82, 2.24) is 4.98 Å². The van der Waals surface area contributed by atoms with E-state index in [9.17, 15) is 0 Å². The van der Waals surface area contributed by atoms with Gasteiger partial charge in [0.15, 0.2) is 0 Å². The average Bonchev–Trinajstić information content (AvgIpc) is 2.58. The standard InChI is InChI=1S/C13H17ClN2/c1-9-6-11-7-12(14)10(4-2-3-5-15)8-13(11)16-9/h6-8,16H,2-5,15H2,1H3. The quantitative estimate of drug-likeness (QED) is 0.785. The molecule has 3 N–H and O–H groups in total. The minimum absolute atomic E-state index is 0.751. The molecule has 3 heteroatoms. The minimum atomic E-state index is 0.751. The summed E-state index contributed by atoms with van der Waals surface area (Å²) in [6, 6.07) is 6.31. The van der Waals surface area contributed by atoms with Crippen molar-refractivity contribution in [2.24, 2.45) is 5.73 Å². The lowest BCUT2D eigenvalue weighted by atomic mass is 10.1. The number of rotatable bonds is 4. The zero-order valence-electron chi connectivity index (χ0n) is 9.52. The molecule has 2 aromatic rings. The predicted octanol–water partition coefficient (Wildman–Crippen LogP) is 3.41. The van der Waals surface area contributed by atoms with Crippen LogP contribution >= 0.6 is 11.6 Å². The van der Waals surface area contributed by atoms with Gasteiger partial charge in [-0.05, 0) is 56.5 Å². The molecular weight excluding hydrogens is 220 g/mol. The molecule has 86 valence electrons. The highest BCUT2D eigenvalue weighted by molar-refractivity contribution is 6.32. The van der Waals surface area contributed by atoms with Crippen LogP contribution in [0.2, 0.25) is 5.02 Å². The van der Waals surface area contributed by atoms with Gasteiger partial charge in [0.05, 0.1) is 0 Å². The van der Waals surface area contributed by atoms with Gasteiger partial charge in [0.25, 0.3) is 0 Å². The fraction of sp³-hybridized carbons (Fsp3) is 0.385. The Balaban J connectivity index is 2.27. The lowest BCUT2D eigenvalue weighted by Crippen LogP contribution is -1.99. The van der Waals surface area contributed by atoms with E-state index in [1.54, 1.807) is 0 Å². The lowest BCUT2D eigenvalue weighted by molar-refractivity contribution is 0.745. The Hall–Kier alpha value is -0.990. The van der Waals surface area contributed by atoms with Gasteiger partial charge >= 0.3 is 0 Å². The van der Waals surface area contributed by atoms with Crippen LogP contribution < -0.4 is 5.73 Å². The van der Waals surface area contributed by atoms with E-state index >= 15 is 0 Å². The fourth-order valence-electron chi connectivity index (χ4n) is 1.99. The molecular formula is C13H17ClN2. The van der Waals surface area contributed by atoms with E-state index in [1.165, 1.54) is 22.2 Å². The Bertz CT molecular complexity index is 488. The number of H-pyrrole nitrogens is 1. The number of nitrogens with one attached hydrogen (secondary N) is 1. The highest BCUT2D eigenvalue weighted by atomic mass is 35.5. The summed E-state index contributed by atoms with van der Waals surface area (Å²) in [5.41, 5.74) is 9.04. The Morgan fingerprint density at radius 3 is 2.81 bits per heavy atom. The van der Waals surface area contributed by atoms with Gasteiger partial charge in [0, 0.05) is 21.6 Å². The number of nitrogens with two attached hydrogens (primary N) is 1. The van der Waals surface area contributed by atoms with E-state index < -0.39 is 0 Å². The maximum absolute atomic E-state index is 6.25. The summed E-state index contributed by atoms with van der Waals surface area (Å²) in [5.74, 6) is 0. The molecule has 16 heavy (non-hydrogen) atoms. The van der Waals surface area contributed by atoms with Crippen LogP contribution in [-0.2, 0) is 6.42 Å².